The number of nitrogens with zero attached hydrogens (tertiary/aromatic N) is 1. The van der Waals surface area contributed by atoms with Gasteiger partial charge in [-0.3, -0.25) is 4.79 Å². The highest BCUT2D eigenvalue weighted by atomic mass is 35.5. The van der Waals surface area contributed by atoms with Crippen LogP contribution in [0.5, 0.6) is 5.75 Å². The lowest BCUT2D eigenvalue weighted by molar-refractivity contribution is 0.102. The van der Waals surface area contributed by atoms with E-state index in [0.29, 0.717) is 17.7 Å². The molecule has 2 rings (SSSR count). The van der Waals surface area contributed by atoms with Gasteiger partial charge in [0.15, 0.2) is 0 Å². The molecule has 20 heavy (non-hydrogen) atoms. The molecule has 0 unspecified atom stereocenters. The minimum absolute atomic E-state index is 0.0371. The maximum absolute atomic E-state index is 12.1. The summed E-state index contributed by atoms with van der Waals surface area (Å²) in [6, 6.07) is 7.62. The molecule has 0 aliphatic rings. The van der Waals surface area contributed by atoms with E-state index in [4.69, 9.17) is 23.2 Å². The molecule has 0 aliphatic heterocycles. The molecule has 1 aromatic heterocycles. The zero-order valence-corrected chi connectivity index (χ0v) is 12.2. The number of aryl methyl sites for hydroxylation is 1. The molecule has 0 radical (unpaired) electrons. The number of amides is 1. The molecule has 1 aromatic carbocycles. The third-order valence-corrected chi connectivity index (χ3v) is 3.17. The largest absolute Gasteiger partial charge is 0.506 e. The minimum Gasteiger partial charge on any atom is -0.506 e. The molecule has 0 fully saturated rings. The Balaban J connectivity index is 2.23. The summed E-state index contributed by atoms with van der Waals surface area (Å²) in [5.41, 5.74) is 1.65. The Bertz CT molecular complexity index is 660. The molecule has 2 N–H and O–H groups in total. The topological polar surface area (TPSA) is 62.2 Å². The van der Waals surface area contributed by atoms with Gasteiger partial charge in [0, 0.05) is 16.9 Å². The summed E-state index contributed by atoms with van der Waals surface area (Å²) in [5, 5.41) is 12.5. The molecule has 1 amide bonds. The van der Waals surface area contributed by atoms with Crippen LogP contribution < -0.4 is 5.32 Å². The van der Waals surface area contributed by atoms with Crippen molar-refractivity contribution in [1.29, 1.82) is 0 Å². The van der Waals surface area contributed by atoms with Crippen molar-refractivity contribution in [3.8, 4) is 5.75 Å². The van der Waals surface area contributed by atoms with Crippen molar-refractivity contribution in [2.75, 3.05) is 5.32 Å². The van der Waals surface area contributed by atoms with Crippen LogP contribution in [0.2, 0.25) is 10.2 Å². The summed E-state index contributed by atoms with van der Waals surface area (Å²) in [4.78, 5) is 16.2. The van der Waals surface area contributed by atoms with Crippen molar-refractivity contribution in [1.82, 2.24) is 4.98 Å². The molecule has 104 valence electrons. The molecule has 0 saturated carbocycles. The molecular weight excluding hydrogens is 299 g/mol. The van der Waals surface area contributed by atoms with Gasteiger partial charge < -0.3 is 10.4 Å². The van der Waals surface area contributed by atoms with Gasteiger partial charge in [-0.25, -0.2) is 4.98 Å². The number of phenols is 1. The normalized spacial score (nSPS) is 10.3. The van der Waals surface area contributed by atoms with Crippen molar-refractivity contribution in [2.24, 2.45) is 0 Å². The van der Waals surface area contributed by atoms with Crippen LogP contribution in [0.15, 0.2) is 30.3 Å². The monoisotopic (exact) mass is 310 g/mol. The van der Waals surface area contributed by atoms with Gasteiger partial charge in [-0.05, 0) is 36.8 Å². The van der Waals surface area contributed by atoms with Crippen LogP contribution in [-0.4, -0.2) is 16.0 Å². The van der Waals surface area contributed by atoms with E-state index in [2.05, 4.69) is 10.3 Å². The summed E-state index contributed by atoms with van der Waals surface area (Å²) in [5.74, 6) is -0.351. The number of rotatable bonds is 3. The number of carbonyl (C=O) groups excluding carboxylic acids is 1. The number of aromatic nitrogens is 1. The van der Waals surface area contributed by atoms with E-state index in [1.165, 1.54) is 18.2 Å². The number of nitrogens with one attached hydrogen (secondary N) is 1. The van der Waals surface area contributed by atoms with E-state index < -0.39 is 0 Å². The number of hydrogen-bond acceptors (Lipinski definition) is 3. The lowest BCUT2D eigenvalue weighted by Gasteiger charge is -2.08. The average molecular weight is 311 g/mol. The third-order valence-electron chi connectivity index (χ3n) is 2.68. The number of anilines is 1. The van der Waals surface area contributed by atoms with E-state index >= 15 is 0 Å². The highest BCUT2D eigenvalue weighted by Crippen LogP contribution is 2.26. The van der Waals surface area contributed by atoms with Gasteiger partial charge in [0.05, 0.1) is 5.02 Å². The van der Waals surface area contributed by atoms with Crippen molar-refractivity contribution in [3.63, 3.8) is 0 Å². The second kappa shape index (κ2) is 6.11. The zero-order chi connectivity index (χ0) is 14.7. The van der Waals surface area contributed by atoms with Crippen molar-refractivity contribution < 1.29 is 9.90 Å². The van der Waals surface area contributed by atoms with Crippen LogP contribution in [0, 0.1) is 0 Å². The maximum atomic E-state index is 12.1. The van der Waals surface area contributed by atoms with Crippen LogP contribution >= 0.6 is 23.2 Å². The summed E-state index contributed by atoms with van der Waals surface area (Å²) in [7, 11) is 0. The summed E-state index contributed by atoms with van der Waals surface area (Å²) < 4.78 is 0. The van der Waals surface area contributed by atoms with Crippen LogP contribution in [0.25, 0.3) is 0 Å². The standard InChI is InChI=1S/C14H12Cl2N2O2/c1-2-9-5-8(6-13(16)17-9)14(20)18-10-3-4-12(19)11(15)7-10/h3-7,19H,2H2,1H3,(H,18,20). The Morgan fingerprint density at radius 3 is 2.70 bits per heavy atom. The molecule has 0 saturated heterocycles. The Labute approximate surface area is 126 Å². The molecule has 2 aromatic rings. The molecule has 0 aliphatic carbocycles. The summed E-state index contributed by atoms with van der Waals surface area (Å²) in [6.07, 6.45) is 0.686. The van der Waals surface area contributed by atoms with Crippen LogP contribution in [0.1, 0.15) is 23.0 Å². The Morgan fingerprint density at radius 1 is 1.30 bits per heavy atom. The van der Waals surface area contributed by atoms with Crippen LogP contribution in [-0.2, 0) is 6.42 Å². The Morgan fingerprint density at radius 2 is 2.05 bits per heavy atom. The van der Waals surface area contributed by atoms with Gasteiger partial charge in [0.2, 0.25) is 0 Å². The van der Waals surface area contributed by atoms with E-state index in [0.717, 1.165) is 5.69 Å². The minimum atomic E-state index is -0.314. The first-order chi connectivity index (χ1) is 9.49. The molecule has 4 nitrogen and oxygen atoms in total. The summed E-state index contributed by atoms with van der Waals surface area (Å²) >= 11 is 11.7. The average Bonchev–Trinajstić information content (AvgIpc) is 2.42. The van der Waals surface area contributed by atoms with Gasteiger partial charge in [-0.15, -0.1) is 0 Å². The van der Waals surface area contributed by atoms with Gasteiger partial charge in [-0.1, -0.05) is 30.1 Å². The fourth-order valence-corrected chi connectivity index (χ4v) is 2.06. The molecule has 6 heteroatoms. The fourth-order valence-electron chi connectivity index (χ4n) is 1.65. The van der Waals surface area contributed by atoms with E-state index in [1.54, 1.807) is 12.1 Å². The first-order valence-corrected chi connectivity index (χ1v) is 6.71. The van der Waals surface area contributed by atoms with E-state index in [-0.39, 0.29) is 21.8 Å². The van der Waals surface area contributed by atoms with Crippen molar-refractivity contribution in [3.05, 3.63) is 51.8 Å². The smallest absolute Gasteiger partial charge is 0.255 e. The Hall–Kier alpha value is -1.78. The third kappa shape index (κ3) is 3.40. The lowest BCUT2D eigenvalue weighted by atomic mass is 10.2. The number of aromatic hydroxyl groups is 1. The quantitative estimate of drug-likeness (QED) is 0.667. The van der Waals surface area contributed by atoms with Gasteiger partial charge in [-0.2, -0.15) is 0 Å². The lowest BCUT2D eigenvalue weighted by Crippen LogP contribution is -2.12. The number of carbonyl (C=O) groups is 1. The zero-order valence-electron chi connectivity index (χ0n) is 10.7. The molecular formula is C14H12Cl2N2O2. The molecule has 1 heterocycles. The van der Waals surface area contributed by atoms with Gasteiger partial charge in [0.1, 0.15) is 10.9 Å². The number of phenolic OH excluding ortho intramolecular Hbond substituents is 1. The predicted octanol–water partition coefficient (Wildman–Crippen LogP) is 3.91. The maximum Gasteiger partial charge on any atom is 0.255 e. The van der Waals surface area contributed by atoms with Gasteiger partial charge >= 0.3 is 0 Å². The Kier molecular flexibility index (Phi) is 4.47. The fraction of sp³-hybridized carbons (Fsp3) is 0.143. The number of benzene rings is 1. The molecule has 0 bridgehead atoms. The second-order valence-electron chi connectivity index (χ2n) is 4.14. The number of pyridine rings is 1. The molecule has 0 spiro atoms. The van der Waals surface area contributed by atoms with Crippen LogP contribution in [0.4, 0.5) is 5.69 Å². The number of hydrogen-bond donors (Lipinski definition) is 2. The SMILES string of the molecule is CCc1cc(C(=O)Nc2ccc(O)c(Cl)c2)cc(Cl)n1. The van der Waals surface area contributed by atoms with Crippen molar-refractivity contribution >= 4 is 34.8 Å². The first kappa shape index (κ1) is 14.6. The van der Waals surface area contributed by atoms with Crippen LogP contribution in [0.3, 0.4) is 0 Å². The van der Waals surface area contributed by atoms with Gasteiger partial charge in [0.25, 0.3) is 5.91 Å². The first-order valence-electron chi connectivity index (χ1n) is 5.96. The van der Waals surface area contributed by atoms with E-state index in [1.807, 2.05) is 6.92 Å². The highest BCUT2D eigenvalue weighted by molar-refractivity contribution is 6.32. The second-order valence-corrected chi connectivity index (χ2v) is 4.94. The summed E-state index contributed by atoms with van der Waals surface area (Å²) in [6.45, 7) is 1.93. The number of halogens is 2. The predicted molar refractivity (Wildman–Crippen MR) is 79.7 cm³/mol. The van der Waals surface area contributed by atoms with Crippen molar-refractivity contribution in [2.45, 2.75) is 13.3 Å². The molecule has 0 atom stereocenters. The van der Waals surface area contributed by atoms with E-state index in [9.17, 15) is 9.90 Å². The highest BCUT2D eigenvalue weighted by Gasteiger charge is 2.10.